The van der Waals surface area contributed by atoms with Crippen LogP contribution in [0.15, 0.2) is 36.4 Å². The van der Waals surface area contributed by atoms with E-state index in [1.165, 1.54) is 28.0 Å². The summed E-state index contributed by atoms with van der Waals surface area (Å²) >= 11 is 0. The van der Waals surface area contributed by atoms with E-state index >= 15 is 0 Å². The number of nitrogen functional groups attached to an aromatic ring is 1. The topological polar surface area (TPSA) is 110 Å². The van der Waals surface area contributed by atoms with Crippen molar-refractivity contribution in [3.8, 4) is 0 Å². The van der Waals surface area contributed by atoms with E-state index in [0.717, 1.165) is 12.5 Å². The van der Waals surface area contributed by atoms with Crippen molar-refractivity contribution in [2.75, 3.05) is 28.6 Å². The van der Waals surface area contributed by atoms with Gasteiger partial charge in [0.15, 0.2) is 5.82 Å². The van der Waals surface area contributed by atoms with Gasteiger partial charge in [0.25, 0.3) is 5.69 Å². The maximum atomic E-state index is 13.5. The van der Waals surface area contributed by atoms with Crippen LogP contribution >= 0.6 is 0 Å². The van der Waals surface area contributed by atoms with Crippen LogP contribution in [0, 0.1) is 21.7 Å². The van der Waals surface area contributed by atoms with Crippen molar-refractivity contribution in [1.29, 1.82) is 0 Å². The lowest BCUT2D eigenvalue weighted by Gasteiger charge is -2.16. The van der Waals surface area contributed by atoms with E-state index in [0.29, 0.717) is 43.7 Å². The van der Waals surface area contributed by atoms with Gasteiger partial charge in [0.05, 0.1) is 22.4 Å². The van der Waals surface area contributed by atoms with E-state index in [9.17, 15) is 28.5 Å². The highest BCUT2D eigenvalue weighted by molar-refractivity contribution is 5.96. The SMILES string of the molecule is Nc1ccc(N2CCCC2=O)c(F)c1.O=C1CCCN1c1ccc([N+](=O)[O-])cc1F. The Morgan fingerprint density at radius 1 is 0.867 bits per heavy atom. The molecule has 2 aromatic rings. The Bertz CT molecular complexity index is 999. The Hall–Kier alpha value is -3.56. The van der Waals surface area contributed by atoms with Crippen molar-refractivity contribution < 1.29 is 23.3 Å². The monoisotopic (exact) mass is 418 g/mol. The molecule has 2 aromatic carbocycles. The highest BCUT2D eigenvalue weighted by Crippen LogP contribution is 2.27. The minimum Gasteiger partial charge on any atom is -0.399 e. The van der Waals surface area contributed by atoms with Crippen LogP contribution in [-0.4, -0.2) is 29.8 Å². The number of nitrogens with two attached hydrogens (primary N) is 1. The van der Waals surface area contributed by atoms with E-state index in [4.69, 9.17) is 5.73 Å². The van der Waals surface area contributed by atoms with E-state index in [2.05, 4.69) is 0 Å². The molecule has 0 radical (unpaired) electrons. The van der Waals surface area contributed by atoms with E-state index < -0.39 is 16.6 Å². The molecule has 0 saturated carbocycles. The minimum atomic E-state index is -0.732. The number of hydrogen-bond acceptors (Lipinski definition) is 5. The van der Waals surface area contributed by atoms with Gasteiger partial charge in [-0.1, -0.05) is 0 Å². The Morgan fingerprint density at radius 3 is 1.77 bits per heavy atom. The average molecular weight is 418 g/mol. The van der Waals surface area contributed by atoms with Crippen molar-refractivity contribution in [2.24, 2.45) is 0 Å². The zero-order chi connectivity index (χ0) is 21.8. The number of nitro benzene ring substituents is 1. The molecule has 2 aliphatic rings. The molecule has 2 saturated heterocycles. The van der Waals surface area contributed by atoms with Gasteiger partial charge in [0, 0.05) is 37.7 Å². The average Bonchev–Trinajstić information content (AvgIpc) is 3.30. The first-order chi connectivity index (χ1) is 14.3. The van der Waals surface area contributed by atoms with Gasteiger partial charge in [-0.3, -0.25) is 19.7 Å². The number of rotatable bonds is 3. The number of hydrogen-bond donors (Lipinski definition) is 1. The summed E-state index contributed by atoms with van der Waals surface area (Å²) in [7, 11) is 0. The number of non-ortho nitro benzene ring substituents is 1. The molecule has 0 unspecified atom stereocenters. The number of nitro groups is 1. The van der Waals surface area contributed by atoms with Gasteiger partial charge in [0.1, 0.15) is 5.82 Å². The Morgan fingerprint density at radius 2 is 1.37 bits per heavy atom. The lowest BCUT2D eigenvalue weighted by molar-refractivity contribution is -0.385. The second-order valence-electron chi connectivity index (χ2n) is 6.90. The summed E-state index contributed by atoms with van der Waals surface area (Å²) in [6.45, 7) is 1.06. The maximum absolute atomic E-state index is 13.5. The predicted molar refractivity (Wildman–Crippen MR) is 107 cm³/mol. The lowest BCUT2D eigenvalue weighted by Crippen LogP contribution is -2.24. The molecule has 0 bridgehead atoms. The molecule has 0 aromatic heterocycles. The van der Waals surface area contributed by atoms with E-state index in [-0.39, 0.29) is 23.2 Å². The fourth-order valence-electron chi connectivity index (χ4n) is 3.38. The lowest BCUT2D eigenvalue weighted by atomic mass is 10.2. The Labute approximate surface area is 171 Å². The van der Waals surface area contributed by atoms with Crippen LogP contribution in [0.3, 0.4) is 0 Å². The van der Waals surface area contributed by atoms with Gasteiger partial charge >= 0.3 is 0 Å². The van der Waals surface area contributed by atoms with Gasteiger partial charge in [-0.05, 0) is 37.1 Å². The molecule has 2 heterocycles. The maximum Gasteiger partial charge on any atom is 0.272 e. The molecule has 2 amide bonds. The molecule has 10 heteroatoms. The number of anilines is 3. The zero-order valence-electron chi connectivity index (χ0n) is 16.0. The van der Waals surface area contributed by atoms with Gasteiger partial charge < -0.3 is 15.5 Å². The Balaban J connectivity index is 0.000000172. The number of benzene rings is 2. The third-order valence-corrected chi connectivity index (χ3v) is 4.84. The van der Waals surface area contributed by atoms with Crippen LogP contribution in [0.4, 0.5) is 31.5 Å². The number of amides is 2. The molecular weight excluding hydrogens is 398 g/mol. The summed E-state index contributed by atoms with van der Waals surface area (Å²) in [5, 5.41) is 10.4. The molecular formula is C20H20F2N4O4. The van der Waals surface area contributed by atoms with Crippen LogP contribution in [0.2, 0.25) is 0 Å². The normalized spacial score (nSPS) is 15.9. The van der Waals surface area contributed by atoms with Crippen LogP contribution < -0.4 is 15.5 Å². The number of carbonyl (C=O) groups excluding carboxylic acids is 2. The molecule has 0 spiro atoms. The third kappa shape index (κ3) is 4.53. The van der Waals surface area contributed by atoms with Crippen LogP contribution in [0.25, 0.3) is 0 Å². The second kappa shape index (κ2) is 8.85. The van der Waals surface area contributed by atoms with E-state index in [1.54, 1.807) is 12.1 Å². The fourth-order valence-corrected chi connectivity index (χ4v) is 3.38. The summed E-state index contributed by atoms with van der Waals surface area (Å²) in [4.78, 5) is 35.2. The molecule has 2 aliphatic heterocycles. The van der Waals surface area contributed by atoms with Crippen molar-refractivity contribution in [2.45, 2.75) is 25.7 Å². The molecule has 0 aliphatic carbocycles. The quantitative estimate of drug-likeness (QED) is 0.467. The van der Waals surface area contributed by atoms with E-state index in [1.807, 2.05) is 0 Å². The first kappa shape index (κ1) is 21.2. The number of carbonyl (C=O) groups is 2. The van der Waals surface area contributed by atoms with Gasteiger partial charge in [0.2, 0.25) is 11.8 Å². The standard InChI is InChI=1S/C10H9FN2O3.C10H11FN2O/c11-8-6-7(13(15)16)3-4-9(8)12-5-1-2-10(12)14;11-8-6-7(12)3-4-9(8)13-5-1-2-10(13)14/h3-4,6H,1-2,5H2;3-4,6H,1-2,5,12H2. The summed E-state index contributed by atoms with van der Waals surface area (Å²) in [6.07, 6.45) is 2.39. The first-order valence-electron chi connectivity index (χ1n) is 9.37. The van der Waals surface area contributed by atoms with Crippen molar-refractivity contribution in [1.82, 2.24) is 0 Å². The van der Waals surface area contributed by atoms with Gasteiger partial charge in [-0.15, -0.1) is 0 Å². The predicted octanol–water partition coefficient (Wildman–Crippen LogP) is 3.40. The molecule has 0 atom stereocenters. The largest absolute Gasteiger partial charge is 0.399 e. The Kier molecular flexibility index (Phi) is 6.24. The molecule has 30 heavy (non-hydrogen) atoms. The molecule has 2 fully saturated rings. The number of halogens is 2. The number of nitrogens with zero attached hydrogens (tertiary/aromatic N) is 3. The van der Waals surface area contributed by atoms with Crippen molar-refractivity contribution >= 4 is 34.6 Å². The van der Waals surface area contributed by atoms with Crippen LogP contribution in [0.1, 0.15) is 25.7 Å². The highest BCUT2D eigenvalue weighted by atomic mass is 19.1. The molecule has 2 N–H and O–H groups in total. The van der Waals surface area contributed by atoms with Crippen molar-refractivity contribution in [3.63, 3.8) is 0 Å². The zero-order valence-corrected chi connectivity index (χ0v) is 16.0. The van der Waals surface area contributed by atoms with Crippen LogP contribution in [0.5, 0.6) is 0 Å². The summed E-state index contributed by atoms with van der Waals surface area (Å²) in [5.74, 6) is -1.33. The smallest absolute Gasteiger partial charge is 0.272 e. The van der Waals surface area contributed by atoms with Crippen molar-refractivity contribution in [3.05, 3.63) is 58.1 Å². The first-order valence-corrected chi connectivity index (χ1v) is 9.37. The third-order valence-electron chi connectivity index (χ3n) is 4.84. The summed E-state index contributed by atoms with van der Waals surface area (Å²) in [6, 6.07) is 7.69. The fraction of sp³-hybridized carbons (Fsp3) is 0.300. The minimum absolute atomic E-state index is 0.0197. The summed E-state index contributed by atoms with van der Waals surface area (Å²) < 4.78 is 26.9. The highest BCUT2D eigenvalue weighted by Gasteiger charge is 2.25. The van der Waals surface area contributed by atoms with Gasteiger partial charge in [-0.25, -0.2) is 8.78 Å². The van der Waals surface area contributed by atoms with Crippen LogP contribution in [-0.2, 0) is 9.59 Å². The summed E-state index contributed by atoms with van der Waals surface area (Å²) in [5.41, 5.74) is 5.93. The molecule has 8 nitrogen and oxygen atoms in total. The van der Waals surface area contributed by atoms with Gasteiger partial charge in [-0.2, -0.15) is 0 Å². The second-order valence-corrected chi connectivity index (χ2v) is 6.90. The molecule has 158 valence electrons. The molecule has 4 rings (SSSR count).